The molecule has 0 spiro atoms. The number of ether oxygens (including phenoxy) is 2. The highest BCUT2D eigenvalue weighted by molar-refractivity contribution is 5.48. The van der Waals surface area contributed by atoms with Crippen LogP contribution in [0.2, 0.25) is 0 Å². The Kier molecular flexibility index (Phi) is 2.96. The number of nitriles is 1. The molecule has 0 radical (unpaired) electrons. The Morgan fingerprint density at radius 3 is 2.79 bits per heavy atom. The van der Waals surface area contributed by atoms with E-state index < -0.39 is 11.0 Å². The maximum absolute atomic E-state index is 11.0. The maximum Gasteiger partial charge on any atom is 0.124 e. The van der Waals surface area contributed by atoms with Gasteiger partial charge < -0.3 is 14.6 Å². The molecule has 2 aliphatic heterocycles. The number of benzene rings is 1. The van der Waals surface area contributed by atoms with Crippen LogP contribution in [-0.4, -0.2) is 30.5 Å². The minimum absolute atomic E-state index is 0.217. The van der Waals surface area contributed by atoms with Gasteiger partial charge in [0.1, 0.15) is 16.8 Å². The summed E-state index contributed by atoms with van der Waals surface area (Å²) in [6.45, 7) is 1.32. The summed E-state index contributed by atoms with van der Waals surface area (Å²) in [5.41, 5.74) is -1.26. The molecule has 0 aliphatic carbocycles. The van der Waals surface area contributed by atoms with Crippen LogP contribution in [0.25, 0.3) is 0 Å². The number of rotatable bonds is 1. The fourth-order valence-electron chi connectivity index (χ4n) is 3.21. The first kappa shape index (κ1) is 12.5. The fourth-order valence-corrected chi connectivity index (χ4v) is 3.21. The van der Waals surface area contributed by atoms with Gasteiger partial charge in [-0.3, -0.25) is 0 Å². The SMILES string of the molecule is N#CC1(C2(O)CCCOC2)CCOc2ccccc21. The van der Waals surface area contributed by atoms with E-state index in [2.05, 4.69) is 6.07 Å². The van der Waals surface area contributed by atoms with Crippen molar-refractivity contribution in [2.75, 3.05) is 19.8 Å². The molecule has 1 fully saturated rings. The van der Waals surface area contributed by atoms with E-state index in [1.807, 2.05) is 24.3 Å². The number of hydrogen-bond acceptors (Lipinski definition) is 4. The lowest BCUT2D eigenvalue weighted by Crippen LogP contribution is -2.57. The third kappa shape index (κ3) is 1.73. The molecular formula is C15H17NO3. The van der Waals surface area contributed by atoms with E-state index in [4.69, 9.17) is 9.47 Å². The van der Waals surface area contributed by atoms with Gasteiger partial charge in [0.15, 0.2) is 0 Å². The minimum Gasteiger partial charge on any atom is -0.493 e. The highest BCUT2D eigenvalue weighted by Gasteiger charge is 2.55. The lowest BCUT2D eigenvalue weighted by Gasteiger charge is -2.47. The standard InChI is InChI=1S/C15H17NO3/c16-10-14(15(17)6-3-8-18-11-15)7-9-19-13-5-2-1-4-12(13)14/h1-2,4-5,17H,3,6-9,11H2. The van der Waals surface area contributed by atoms with Crippen LogP contribution in [0, 0.1) is 11.3 Å². The zero-order valence-corrected chi connectivity index (χ0v) is 10.8. The van der Waals surface area contributed by atoms with Crippen LogP contribution in [0.5, 0.6) is 5.75 Å². The molecular weight excluding hydrogens is 242 g/mol. The van der Waals surface area contributed by atoms with Crippen LogP contribution in [-0.2, 0) is 10.2 Å². The lowest BCUT2D eigenvalue weighted by molar-refractivity contribution is -0.125. The molecule has 2 heterocycles. The summed E-state index contributed by atoms with van der Waals surface area (Å²) in [7, 11) is 0. The first-order valence-corrected chi connectivity index (χ1v) is 6.66. The van der Waals surface area contributed by atoms with Crippen LogP contribution in [0.1, 0.15) is 24.8 Å². The van der Waals surface area contributed by atoms with E-state index in [0.29, 0.717) is 31.8 Å². The van der Waals surface area contributed by atoms with Crippen molar-refractivity contribution in [1.29, 1.82) is 5.26 Å². The first-order chi connectivity index (χ1) is 9.22. The van der Waals surface area contributed by atoms with Crippen LogP contribution in [0.3, 0.4) is 0 Å². The van der Waals surface area contributed by atoms with Gasteiger partial charge in [-0.1, -0.05) is 18.2 Å². The topological polar surface area (TPSA) is 62.5 Å². The molecule has 0 bridgehead atoms. The molecule has 2 unspecified atom stereocenters. The Morgan fingerprint density at radius 2 is 2.05 bits per heavy atom. The molecule has 2 aliphatic rings. The molecule has 1 N–H and O–H groups in total. The van der Waals surface area contributed by atoms with Crippen molar-refractivity contribution in [2.24, 2.45) is 0 Å². The second-order valence-electron chi connectivity index (χ2n) is 5.30. The average molecular weight is 259 g/mol. The Labute approximate surface area is 112 Å². The van der Waals surface area contributed by atoms with E-state index in [9.17, 15) is 10.4 Å². The summed E-state index contributed by atoms with van der Waals surface area (Å²) in [5, 5.41) is 20.8. The molecule has 4 nitrogen and oxygen atoms in total. The van der Waals surface area contributed by atoms with Gasteiger partial charge in [-0.2, -0.15) is 5.26 Å². The molecule has 19 heavy (non-hydrogen) atoms. The second kappa shape index (κ2) is 4.52. The summed E-state index contributed by atoms with van der Waals surface area (Å²) in [5.74, 6) is 0.703. The molecule has 1 saturated heterocycles. The number of hydrogen-bond donors (Lipinski definition) is 1. The second-order valence-corrected chi connectivity index (χ2v) is 5.30. The quantitative estimate of drug-likeness (QED) is 0.835. The molecule has 4 heteroatoms. The van der Waals surface area contributed by atoms with Crippen molar-refractivity contribution >= 4 is 0 Å². The Balaban J connectivity index is 2.12. The molecule has 0 saturated carbocycles. The van der Waals surface area contributed by atoms with Crippen molar-refractivity contribution in [3.63, 3.8) is 0 Å². The van der Waals surface area contributed by atoms with E-state index >= 15 is 0 Å². The number of fused-ring (bicyclic) bond motifs is 1. The normalized spacial score (nSPS) is 33.9. The highest BCUT2D eigenvalue weighted by Crippen LogP contribution is 2.48. The van der Waals surface area contributed by atoms with Gasteiger partial charge in [0.2, 0.25) is 0 Å². The van der Waals surface area contributed by atoms with Crippen molar-refractivity contribution < 1.29 is 14.6 Å². The summed E-state index contributed by atoms with van der Waals surface area (Å²) in [6.07, 6.45) is 1.87. The summed E-state index contributed by atoms with van der Waals surface area (Å²) in [4.78, 5) is 0. The third-order valence-corrected chi connectivity index (χ3v) is 4.29. The molecule has 1 aromatic rings. The Morgan fingerprint density at radius 1 is 1.21 bits per heavy atom. The van der Waals surface area contributed by atoms with Crippen molar-refractivity contribution in [2.45, 2.75) is 30.3 Å². The fraction of sp³-hybridized carbons (Fsp3) is 0.533. The molecule has 0 amide bonds. The van der Waals surface area contributed by atoms with Gasteiger partial charge >= 0.3 is 0 Å². The van der Waals surface area contributed by atoms with Gasteiger partial charge in [-0.25, -0.2) is 0 Å². The Hall–Kier alpha value is -1.57. The van der Waals surface area contributed by atoms with Gasteiger partial charge in [0.05, 0.1) is 19.3 Å². The van der Waals surface area contributed by atoms with Gasteiger partial charge in [0, 0.05) is 18.6 Å². The van der Waals surface area contributed by atoms with Crippen LogP contribution >= 0.6 is 0 Å². The zero-order chi connectivity index (χ0) is 13.3. The summed E-state index contributed by atoms with van der Waals surface area (Å²) in [6, 6.07) is 9.87. The Bertz CT molecular complexity index is 516. The lowest BCUT2D eigenvalue weighted by atomic mass is 9.63. The van der Waals surface area contributed by atoms with E-state index in [0.717, 1.165) is 12.0 Å². The molecule has 0 aromatic heterocycles. The number of nitrogens with zero attached hydrogens (tertiary/aromatic N) is 1. The third-order valence-electron chi connectivity index (χ3n) is 4.29. The number of para-hydroxylation sites is 1. The maximum atomic E-state index is 11.0. The predicted molar refractivity (Wildman–Crippen MR) is 68.8 cm³/mol. The largest absolute Gasteiger partial charge is 0.493 e. The molecule has 2 atom stereocenters. The average Bonchev–Trinajstić information content (AvgIpc) is 2.47. The van der Waals surface area contributed by atoms with Crippen LogP contribution < -0.4 is 4.74 Å². The smallest absolute Gasteiger partial charge is 0.124 e. The van der Waals surface area contributed by atoms with Crippen LogP contribution in [0.15, 0.2) is 24.3 Å². The van der Waals surface area contributed by atoms with E-state index in [1.54, 1.807) is 0 Å². The van der Waals surface area contributed by atoms with Gasteiger partial charge in [0.25, 0.3) is 0 Å². The molecule has 100 valence electrons. The van der Waals surface area contributed by atoms with E-state index in [1.165, 1.54) is 0 Å². The predicted octanol–water partition coefficient (Wildman–Crippen LogP) is 1.77. The van der Waals surface area contributed by atoms with Gasteiger partial charge in [-0.15, -0.1) is 0 Å². The van der Waals surface area contributed by atoms with Crippen LogP contribution in [0.4, 0.5) is 0 Å². The molecule has 1 aromatic carbocycles. The molecule has 3 rings (SSSR count). The summed E-state index contributed by atoms with van der Waals surface area (Å²) < 4.78 is 11.1. The minimum atomic E-state index is -1.13. The van der Waals surface area contributed by atoms with Crippen molar-refractivity contribution in [1.82, 2.24) is 0 Å². The zero-order valence-electron chi connectivity index (χ0n) is 10.8. The monoisotopic (exact) mass is 259 g/mol. The highest BCUT2D eigenvalue weighted by atomic mass is 16.5. The van der Waals surface area contributed by atoms with E-state index in [-0.39, 0.29) is 6.61 Å². The number of aliphatic hydroxyl groups is 1. The van der Waals surface area contributed by atoms with Gasteiger partial charge in [-0.05, 0) is 18.9 Å². The van der Waals surface area contributed by atoms with Crippen molar-refractivity contribution in [3.05, 3.63) is 29.8 Å². The first-order valence-electron chi connectivity index (χ1n) is 6.66. The summed E-state index contributed by atoms with van der Waals surface area (Å²) >= 11 is 0. The van der Waals surface area contributed by atoms with Crippen molar-refractivity contribution in [3.8, 4) is 11.8 Å².